The number of nitrogens with zero attached hydrogens (tertiary/aromatic N) is 2. The summed E-state index contributed by atoms with van der Waals surface area (Å²) in [5, 5.41) is 10.0. The van der Waals surface area contributed by atoms with Crippen LogP contribution in [0.5, 0.6) is 0 Å². The Morgan fingerprint density at radius 2 is 2.19 bits per heavy atom. The van der Waals surface area contributed by atoms with Gasteiger partial charge in [0.15, 0.2) is 0 Å². The standard InChI is InChI=1S/C12H13FN2O/c1-8-3-4-9(10(13)7-8)11(16)12-14-5-6-15(12)2/h3-7,11,16H,1-2H3. The molecule has 1 atom stereocenters. The molecule has 0 aliphatic carbocycles. The number of aliphatic hydroxyl groups is 1. The summed E-state index contributed by atoms with van der Waals surface area (Å²) in [6.45, 7) is 1.81. The van der Waals surface area contributed by atoms with Crippen molar-refractivity contribution in [2.45, 2.75) is 13.0 Å². The van der Waals surface area contributed by atoms with Crippen LogP contribution in [0.3, 0.4) is 0 Å². The number of rotatable bonds is 2. The molecule has 1 heterocycles. The number of imidazole rings is 1. The van der Waals surface area contributed by atoms with Crippen LogP contribution in [-0.2, 0) is 7.05 Å². The number of aryl methyl sites for hydroxylation is 2. The quantitative estimate of drug-likeness (QED) is 0.840. The molecule has 2 rings (SSSR count). The molecule has 0 saturated carbocycles. The van der Waals surface area contributed by atoms with Crippen LogP contribution in [0.15, 0.2) is 30.6 Å². The van der Waals surface area contributed by atoms with Gasteiger partial charge in [-0.25, -0.2) is 9.37 Å². The van der Waals surface area contributed by atoms with E-state index in [2.05, 4.69) is 4.98 Å². The Kier molecular flexibility index (Phi) is 2.75. The van der Waals surface area contributed by atoms with E-state index in [9.17, 15) is 9.50 Å². The smallest absolute Gasteiger partial charge is 0.142 e. The van der Waals surface area contributed by atoms with E-state index >= 15 is 0 Å². The Labute approximate surface area is 93.2 Å². The monoisotopic (exact) mass is 220 g/mol. The van der Waals surface area contributed by atoms with E-state index in [-0.39, 0.29) is 5.56 Å². The van der Waals surface area contributed by atoms with Crippen molar-refractivity contribution in [3.63, 3.8) is 0 Å². The normalized spacial score (nSPS) is 12.8. The van der Waals surface area contributed by atoms with E-state index in [0.29, 0.717) is 5.82 Å². The Bertz CT molecular complexity index is 507. The molecule has 4 heteroatoms. The van der Waals surface area contributed by atoms with Crippen molar-refractivity contribution in [1.29, 1.82) is 0 Å². The predicted octanol–water partition coefficient (Wildman–Crippen LogP) is 1.95. The van der Waals surface area contributed by atoms with Gasteiger partial charge in [-0.3, -0.25) is 0 Å². The number of aliphatic hydroxyl groups excluding tert-OH is 1. The van der Waals surface area contributed by atoms with Crippen LogP contribution in [0.2, 0.25) is 0 Å². The molecular weight excluding hydrogens is 207 g/mol. The summed E-state index contributed by atoms with van der Waals surface area (Å²) in [5.41, 5.74) is 1.08. The minimum absolute atomic E-state index is 0.250. The SMILES string of the molecule is Cc1ccc(C(O)c2nccn2C)c(F)c1. The Balaban J connectivity index is 2.41. The molecule has 1 aromatic heterocycles. The highest BCUT2D eigenvalue weighted by molar-refractivity contribution is 5.28. The number of benzene rings is 1. The molecule has 0 spiro atoms. The van der Waals surface area contributed by atoms with Crippen molar-refractivity contribution in [2.75, 3.05) is 0 Å². The molecular formula is C12H13FN2O. The van der Waals surface area contributed by atoms with E-state index in [1.807, 2.05) is 0 Å². The number of hydrogen-bond acceptors (Lipinski definition) is 2. The van der Waals surface area contributed by atoms with Gasteiger partial charge in [0.25, 0.3) is 0 Å². The van der Waals surface area contributed by atoms with Gasteiger partial charge >= 0.3 is 0 Å². The van der Waals surface area contributed by atoms with Gasteiger partial charge < -0.3 is 9.67 Å². The molecule has 1 aromatic carbocycles. The molecule has 0 aliphatic rings. The maximum Gasteiger partial charge on any atom is 0.142 e. The van der Waals surface area contributed by atoms with Gasteiger partial charge in [0.05, 0.1) is 0 Å². The third kappa shape index (κ3) is 1.84. The van der Waals surface area contributed by atoms with E-state index < -0.39 is 11.9 Å². The fourth-order valence-electron chi connectivity index (χ4n) is 1.63. The van der Waals surface area contributed by atoms with Gasteiger partial charge in [0.2, 0.25) is 0 Å². The lowest BCUT2D eigenvalue weighted by molar-refractivity contribution is 0.201. The first kappa shape index (κ1) is 10.8. The molecule has 1 N–H and O–H groups in total. The van der Waals surface area contributed by atoms with Crippen LogP contribution >= 0.6 is 0 Å². The summed E-state index contributed by atoms with van der Waals surface area (Å²) in [6.07, 6.45) is 2.26. The molecule has 0 radical (unpaired) electrons. The molecule has 2 aromatic rings. The molecule has 0 fully saturated rings. The number of halogens is 1. The first-order valence-corrected chi connectivity index (χ1v) is 5.01. The molecule has 0 aliphatic heterocycles. The van der Waals surface area contributed by atoms with Crippen LogP contribution in [0.25, 0.3) is 0 Å². The minimum atomic E-state index is -1.03. The van der Waals surface area contributed by atoms with Gasteiger partial charge in [-0.15, -0.1) is 0 Å². The largest absolute Gasteiger partial charge is 0.380 e. The number of aromatic nitrogens is 2. The first-order valence-electron chi connectivity index (χ1n) is 5.01. The second-order valence-corrected chi connectivity index (χ2v) is 3.82. The van der Waals surface area contributed by atoms with Crippen molar-refractivity contribution in [3.8, 4) is 0 Å². The highest BCUT2D eigenvalue weighted by Gasteiger charge is 2.18. The second-order valence-electron chi connectivity index (χ2n) is 3.82. The number of hydrogen-bond donors (Lipinski definition) is 1. The summed E-state index contributed by atoms with van der Waals surface area (Å²) in [6, 6.07) is 4.76. The molecule has 1 unspecified atom stereocenters. The molecule has 16 heavy (non-hydrogen) atoms. The summed E-state index contributed by atoms with van der Waals surface area (Å²) in [5.74, 6) is 0.0262. The zero-order valence-corrected chi connectivity index (χ0v) is 9.18. The first-order chi connectivity index (χ1) is 7.59. The fourth-order valence-corrected chi connectivity index (χ4v) is 1.63. The van der Waals surface area contributed by atoms with Crippen LogP contribution < -0.4 is 0 Å². The summed E-state index contributed by atoms with van der Waals surface area (Å²) in [7, 11) is 1.76. The second kappa shape index (κ2) is 4.06. The Morgan fingerprint density at radius 3 is 2.75 bits per heavy atom. The third-order valence-electron chi connectivity index (χ3n) is 2.55. The molecule has 0 bridgehead atoms. The van der Waals surface area contributed by atoms with Crippen LogP contribution in [0.4, 0.5) is 4.39 Å². The average Bonchev–Trinajstić information content (AvgIpc) is 2.63. The van der Waals surface area contributed by atoms with Crippen molar-refractivity contribution < 1.29 is 9.50 Å². The summed E-state index contributed by atoms with van der Waals surface area (Å²) in [4.78, 5) is 4.00. The summed E-state index contributed by atoms with van der Waals surface area (Å²) >= 11 is 0. The molecule has 84 valence electrons. The maximum absolute atomic E-state index is 13.6. The Hall–Kier alpha value is -1.68. The lowest BCUT2D eigenvalue weighted by Crippen LogP contribution is -2.08. The van der Waals surface area contributed by atoms with Crippen LogP contribution in [0, 0.1) is 12.7 Å². The van der Waals surface area contributed by atoms with Gasteiger partial charge in [0.1, 0.15) is 17.7 Å². The van der Waals surface area contributed by atoms with Crippen molar-refractivity contribution in [2.24, 2.45) is 7.05 Å². The lowest BCUT2D eigenvalue weighted by Gasteiger charge is -2.12. The Morgan fingerprint density at radius 1 is 1.44 bits per heavy atom. The molecule has 0 amide bonds. The summed E-state index contributed by atoms with van der Waals surface area (Å²) < 4.78 is 15.3. The van der Waals surface area contributed by atoms with Crippen molar-refractivity contribution >= 4 is 0 Å². The van der Waals surface area contributed by atoms with Gasteiger partial charge in [-0.05, 0) is 18.6 Å². The van der Waals surface area contributed by atoms with Gasteiger partial charge in [-0.1, -0.05) is 12.1 Å². The molecule has 0 saturated heterocycles. The minimum Gasteiger partial charge on any atom is -0.380 e. The van der Waals surface area contributed by atoms with E-state index in [1.54, 1.807) is 43.1 Å². The third-order valence-corrected chi connectivity index (χ3v) is 2.55. The zero-order valence-electron chi connectivity index (χ0n) is 9.18. The van der Waals surface area contributed by atoms with Crippen molar-refractivity contribution in [1.82, 2.24) is 9.55 Å². The molecule has 3 nitrogen and oxygen atoms in total. The fraction of sp³-hybridized carbons (Fsp3) is 0.250. The average molecular weight is 220 g/mol. The van der Waals surface area contributed by atoms with Gasteiger partial charge in [-0.2, -0.15) is 0 Å². The van der Waals surface area contributed by atoms with Crippen LogP contribution in [-0.4, -0.2) is 14.7 Å². The lowest BCUT2D eigenvalue weighted by atomic mass is 10.1. The predicted molar refractivity (Wildman–Crippen MR) is 58.4 cm³/mol. The highest BCUT2D eigenvalue weighted by atomic mass is 19.1. The van der Waals surface area contributed by atoms with Crippen LogP contribution in [0.1, 0.15) is 23.1 Å². The van der Waals surface area contributed by atoms with Gasteiger partial charge in [0, 0.05) is 25.0 Å². The van der Waals surface area contributed by atoms with Crippen molar-refractivity contribution in [3.05, 3.63) is 53.4 Å². The maximum atomic E-state index is 13.6. The van der Waals surface area contributed by atoms with E-state index in [1.165, 1.54) is 6.07 Å². The topological polar surface area (TPSA) is 38.1 Å². The zero-order chi connectivity index (χ0) is 11.7. The van der Waals surface area contributed by atoms with E-state index in [4.69, 9.17) is 0 Å². The van der Waals surface area contributed by atoms with E-state index in [0.717, 1.165) is 5.56 Å². The highest BCUT2D eigenvalue weighted by Crippen LogP contribution is 2.23.